The summed E-state index contributed by atoms with van der Waals surface area (Å²) in [5.74, 6) is 0.835. The average molecular weight is 281 g/mol. The van der Waals surface area contributed by atoms with Crippen LogP contribution in [-0.4, -0.2) is 31.6 Å². The van der Waals surface area contributed by atoms with Crippen LogP contribution < -0.4 is 4.90 Å². The molecule has 6 nitrogen and oxygen atoms in total. The summed E-state index contributed by atoms with van der Waals surface area (Å²) in [5.41, 5.74) is 3.65. The summed E-state index contributed by atoms with van der Waals surface area (Å²) < 4.78 is 0. The van der Waals surface area contributed by atoms with Crippen molar-refractivity contribution in [3.8, 4) is 0 Å². The standard InChI is InChI=1S/C15H15N5O/c21-12-5-6-20(7-10-3-1-2-4-11(10)12)15-13-14(17-8-16-13)18-9-19-15/h1-4,8-9,12,21H,5-7H2,(H,16,17,18,19). The van der Waals surface area contributed by atoms with E-state index in [0.29, 0.717) is 12.1 Å². The van der Waals surface area contributed by atoms with E-state index in [1.807, 2.05) is 18.2 Å². The highest BCUT2D eigenvalue weighted by molar-refractivity contribution is 5.82. The molecule has 2 N–H and O–H groups in total. The van der Waals surface area contributed by atoms with Gasteiger partial charge in [-0.3, -0.25) is 0 Å². The molecule has 1 atom stereocenters. The van der Waals surface area contributed by atoms with Crippen molar-refractivity contribution in [3.63, 3.8) is 0 Å². The van der Waals surface area contributed by atoms with Gasteiger partial charge in [0.25, 0.3) is 0 Å². The molecule has 6 heteroatoms. The molecule has 3 heterocycles. The highest BCUT2D eigenvalue weighted by atomic mass is 16.3. The second kappa shape index (κ2) is 4.82. The Morgan fingerprint density at radius 1 is 1.19 bits per heavy atom. The molecule has 0 amide bonds. The molecule has 106 valence electrons. The number of aliphatic hydroxyl groups excluding tert-OH is 1. The Bertz CT molecular complexity index is 784. The van der Waals surface area contributed by atoms with E-state index in [9.17, 15) is 5.11 Å². The van der Waals surface area contributed by atoms with Crippen molar-refractivity contribution < 1.29 is 5.11 Å². The fourth-order valence-electron chi connectivity index (χ4n) is 2.89. The van der Waals surface area contributed by atoms with Gasteiger partial charge in [0.15, 0.2) is 11.5 Å². The monoisotopic (exact) mass is 281 g/mol. The van der Waals surface area contributed by atoms with Gasteiger partial charge in [-0.1, -0.05) is 24.3 Å². The van der Waals surface area contributed by atoms with Crippen molar-refractivity contribution in [1.82, 2.24) is 19.9 Å². The zero-order valence-electron chi connectivity index (χ0n) is 11.4. The van der Waals surface area contributed by atoms with Crippen LogP contribution in [0.3, 0.4) is 0 Å². The number of aliphatic hydroxyl groups is 1. The van der Waals surface area contributed by atoms with Gasteiger partial charge in [-0.2, -0.15) is 0 Å². The maximum absolute atomic E-state index is 10.3. The maximum atomic E-state index is 10.3. The molecule has 0 radical (unpaired) electrons. The van der Waals surface area contributed by atoms with Crippen LogP contribution in [0.2, 0.25) is 0 Å². The molecule has 1 aromatic carbocycles. The Labute approximate surface area is 121 Å². The fourth-order valence-corrected chi connectivity index (χ4v) is 2.89. The number of hydrogen-bond acceptors (Lipinski definition) is 5. The molecule has 1 unspecified atom stereocenters. The van der Waals surface area contributed by atoms with Crippen LogP contribution in [0, 0.1) is 0 Å². The van der Waals surface area contributed by atoms with Crippen molar-refractivity contribution in [1.29, 1.82) is 0 Å². The summed E-state index contributed by atoms with van der Waals surface area (Å²) >= 11 is 0. The summed E-state index contributed by atoms with van der Waals surface area (Å²) in [7, 11) is 0. The van der Waals surface area contributed by atoms with Gasteiger partial charge in [-0.25, -0.2) is 15.0 Å². The van der Waals surface area contributed by atoms with Crippen LogP contribution in [0.4, 0.5) is 5.82 Å². The van der Waals surface area contributed by atoms with Gasteiger partial charge < -0.3 is 15.0 Å². The molecule has 21 heavy (non-hydrogen) atoms. The Hall–Kier alpha value is -2.47. The fraction of sp³-hybridized carbons (Fsp3) is 0.267. The van der Waals surface area contributed by atoms with Gasteiger partial charge in [0.05, 0.1) is 12.4 Å². The predicted octanol–water partition coefficient (Wildman–Crippen LogP) is 1.80. The van der Waals surface area contributed by atoms with Crippen LogP contribution in [0.1, 0.15) is 23.7 Å². The molecular formula is C15H15N5O. The number of rotatable bonds is 1. The van der Waals surface area contributed by atoms with Gasteiger partial charge >= 0.3 is 0 Å². The first-order valence-corrected chi connectivity index (χ1v) is 6.98. The van der Waals surface area contributed by atoms with Crippen LogP contribution in [0.5, 0.6) is 0 Å². The summed E-state index contributed by atoms with van der Waals surface area (Å²) in [5, 5.41) is 10.3. The smallest absolute Gasteiger partial charge is 0.182 e. The van der Waals surface area contributed by atoms with E-state index in [1.54, 1.807) is 6.33 Å². The lowest BCUT2D eigenvalue weighted by molar-refractivity contribution is 0.171. The molecule has 0 fully saturated rings. The quantitative estimate of drug-likeness (QED) is 0.711. The minimum atomic E-state index is -0.426. The molecule has 3 aromatic rings. The zero-order valence-corrected chi connectivity index (χ0v) is 11.4. The largest absolute Gasteiger partial charge is 0.388 e. The van der Waals surface area contributed by atoms with E-state index < -0.39 is 6.10 Å². The molecule has 0 bridgehead atoms. The molecule has 4 rings (SSSR count). The Morgan fingerprint density at radius 2 is 2.10 bits per heavy atom. The lowest BCUT2D eigenvalue weighted by Gasteiger charge is -2.22. The zero-order chi connectivity index (χ0) is 14.2. The number of nitrogens with zero attached hydrogens (tertiary/aromatic N) is 4. The van der Waals surface area contributed by atoms with Crippen LogP contribution >= 0.6 is 0 Å². The molecule has 1 aliphatic rings. The van der Waals surface area contributed by atoms with Crippen molar-refractivity contribution in [2.75, 3.05) is 11.4 Å². The second-order valence-corrected chi connectivity index (χ2v) is 5.22. The lowest BCUT2D eigenvalue weighted by Crippen LogP contribution is -2.24. The summed E-state index contributed by atoms with van der Waals surface area (Å²) in [6.07, 6.45) is 3.41. The number of aromatic nitrogens is 4. The van der Waals surface area contributed by atoms with Gasteiger partial charge in [-0.05, 0) is 17.5 Å². The van der Waals surface area contributed by atoms with E-state index in [1.165, 1.54) is 6.33 Å². The predicted molar refractivity (Wildman–Crippen MR) is 78.8 cm³/mol. The van der Waals surface area contributed by atoms with Crippen molar-refractivity contribution in [3.05, 3.63) is 48.0 Å². The van der Waals surface area contributed by atoms with Crippen LogP contribution in [-0.2, 0) is 6.54 Å². The lowest BCUT2D eigenvalue weighted by atomic mass is 10.0. The molecular weight excluding hydrogens is 266 g/mol. The number of fused-ring (bicyclic) bond motifs is 2. The molecule has 0 aliphatic carbocycles. The van der Waals surface area contributed by atoms with Crippen molar-refractivity contribution >= 4 is 17.0 Å². The highest BCUT2D eigenvalue weighted by Gasteiger charge is 2.22. The average Bonchev–Trinajstić information content (AvgIpc) is 2.93. The third-order valence-corrected chi connectivity index (χ3v) is 3.95. The van der Waals surface area contributed by atoms with Crippen molar-refractivity contribution in [2.24, 2.45) is 0 Å². The SMILES string of the molecule is OC1CCN(c2ncnc3nc[nH]c23)Cc2ccccc21. The first kappa shape index (κ1) is 12.3. The minimum absolute atomic E-state index is 0.426. The third kappa shape index (κ3) is 2.04. The van der Waals surface area contributed by atoms with Gasteiger partial charge in [0.1, 0.15) is 11.8 Å². The molecule has 1 aliphatic heterocycles. The summed E-state index contributed by atoms with van der Waals surface area (Å²) in [4.78, 5) is 18.0. The van der Waals surface area contributed by atoms with Gasteiger partial charge in [0, 0.05) is 13.1 Å². The summed E-state index contributed by atoms with van der Waals surface area (Å²) in [6.45, 7) is 1.46. The van der Waals surface area contributed by atoms with Gasteiger partial charge in [0.2, 0.25) is 0 Å². The van der Waals surface area contributed by atoms with E-state index in [0.717, 1.165) is 35.6 Å². The maximum Gasteiger partial charge on any atom is 0.182 e. The molecule has 0 saturated carbocycles. The first-order valence-electron chi connectivity index (χ1n) is 6.98. The Kier molecular flexibility index (Phi) is 2.82. The molecule has 0 spiro atoms. The minimum Gasteiger partial charge on any atom is -0.388 e. The molecule has 0 saturated heterocycles. The number of aromatic amines is 1. The van der Waals surface area contributed by atoms with E-state index in [4.69, 9.17) is 0 Å². The summed E-state index contributed by atoms with van der Waals surface area (Å²) in [6, 6.07) is 8.02. The third-order valence-electron chi connectivity index (χ3n) is 3.95. The molecule has 2 aromatic heterocycles. The topological polar surface area (TPSA) is 77.9 Å². The number of imidazole rings is 1. The van der Waals surface area contributed by atoms with E-state index >= 15 is 0 Å². The Balaban J connectivity index is 1.79. The number of nitrogens with one attached hydrogen (secondary N) is 1. The first-order chi connectivity index (χ1) is 10.3. The number of H-pyrrole nitrogens is 1. The number of benzene rings is 1. The number of anilines is 1. The van der Waals surface area contributed by atoms with E-state index in [-0.39, 0.29) is 0 Å². The Morgan fingerprint density at radius 3 is 3.05 bits per heavy atom. The van der Waals surface area contributed by atoms with Crippen LogP contribution in [0.15, 0.2) is 36.9 Å². The van der Waals surface area contributed by atoms with Crippen molar-refractivity contribution in [2.45, 2.75) is 19.1 Å². The highest BCUT2D eigenvalue weighted by Crippen LogP contribution is 2.30. The van der Waals surface area contributed by atoms with Crippen LogP contribution in [0.25, 0.3) is 11.2 Å². The van der Waals surface area contributed by atoms with E-state index in [2.05, 4.69) is 30.9 Å². The second-order valence-electron chi connectivity index (χ2n) is 5.22. The van der Waals surface area contributed by atoms with Gasteiger partial charge in [-0.15, -0.1) is 0 Å². The normalized spacial score (nSPS) is 18.5. The number of hydrogen-bond donors (Lipinski definition) is 2.